The highest BCUT2D eigenvalue weighted by Gasteiger charge is 2.25. The van der Waals surface area contributed by atoms with Crippen LogP contribution in [0.2, 0.25) is 5.02 Å². The van der Waals surface area contributed by atoms with Crippen LogP contribution in [0.4, 0.5) is 11.5 Å². The van der Waals surface area contributed by atoms with Crippen LogP contribution in [0, 0.1) is 0 Å². The molecule has 0 bridgehead atoms. The number of nitrogens with one attached hydrogen (secondary N) is 1. The highest BCUT2D eigenvalue weighted by Crippen LogP contribution is 2.26. The number of hydrogen-bond donors (Lipinski definition) is 1. The lowest BCUT2D eigenvalue weighted by Crippen LogP contribution is -2.31. The van der Waals surface area contributed by atoms with E-state index in [4.69, 9.17) is 16.3 Å². The number of carbonyl (C=O) groups excluding carboxylic acids is 2. The first-order valence-corrected chi connectivity index (χ1v) is 11.0. The Hall–Kier alpha value is -3.63. The van der Waals surface area contributed by atoms with E-state index in [1.54, 1.807) is 24.3 Å². The van der Waals surface area contributed by atoms with Crippen LogP contribution < -0.4 is 9.62 Å². The van der Waals surface area contributed by atoms with Crippen molar-refractivity contribution in [3.05, 3.63) is 84.1 Å². The van der Waals surface area contributed by atoms with Crippen molar-refractivity contribution in [1.82, 2.24) is 5.16 Å². The largest absolute Gasteiger partial charge is 0.452 e. The molecule has 1 heterocycles. The van der Waals surface area contributed by atoms with Gasteiger partial charge < -0.3 is 14.6 Å². The molecule has 0 fully saturated rings. The van der Waals surface area contributed by atoms with E-state index in [1.807, 2.05) is 0 Å². The number of aromatic nitrogens is 1. The summed E-state index contributed by atoms with van der Waals surface area (Å²) in [6.07, 6.45) is 2.71. The molecule has 0 atom stereocenters. The van der Waals surface area contributed by atoms with E-state index in [2.05, 4.69) is 21.6 Å². The minimum absolute atomic E-state index is 0.000851. The Balaban J connectivity index is 1.76. The van der Waals surface area contributed by atoms with E-state index < -0.39 is 28.5 Å². The molecule has 0 radical (unpaired) electrons. The molecule has 1 N–H and O–H groups in total. The molecule has 0 aliphatic rings. The van der Waals surface area contributed by atoms with Crippen LogP contribution in [0.3, 0.4) is 0 Å². The first-order valence-electron chi connectivity index (χ1n) is 9.18. The summed E-state index contributed by atoms with van der Waals surface area (Å²) >= 11 is 5.90. The number of esters is 1. The molecule has 2 aromatic carbocycles. The van der Waals surface area contributed by atoms with Crippen molar-refractivity contribution in [2.75, 3.05) is 22.8 Å². The molecule has 9 nitrogen and oxygen atoms in total. The monoisotopic (exact) mass is 475 g/mol. The number of amides is 1. The van der Waals surface area contributed by atoms with Crippen LogP contribution in [0.1, 0.15) is 10.4 Å². The van der Waals surface area contributed by atoms with E-state index in [1.165, 1.54) is 42.7 Å². The molecular formula is C21H18ClN3O6S. The van der Waals surface area contributed by atoms with Gasteiger partial charge in [-0.2, -0.15) is 0 Å². The Kier molecular flexibility index (Phi) is 7.29. The second-order valence-electron chi connectivity index (χ2n) is 6.34. The number of nitrogens with zero attached hydrogens (tertiary/aromatic N) is 2. The number of ether oxygens (including phenoxy) is 1. The van der Waals surface area contributed by atoms with Crippen LogP contribution in [0.5, 0.6) is 0 Å². The number of anilines is 2. The molecule has 1 amide bonds. The molecule has 0 saturated heterocycles. The fourth-order valence-electron chi connectivity index (χ4n) is 2.65. The zero-order chi connectivity index (χ0) is 23.1. The molecule has 166 valence electrons. The van der Waals surface area contributed by atoms with Gasteiger partial charge >= 0.3 is 5.97 Å². The molecule has 0 unspecified atom stereocenters. The molecule has 3 aromatic rings. The fourth-order valence-corrected chi connectivity index (χ4v) is 4.26. The van der Waals surface area contributed by atoms with Gasteiger partial charge in [0.05, 0.1) is 22.7 Å². The molecule has 0 aliphatic carbocycles. The number of benzene rings is 2. The van der Waals surface area contributed by atoms with E-state index in [0.717, 1.165) is 4.31 Å². The quantitative estimate of drug-likeness (QED) is 0.371. The lowest BCUT2D eigenvalue weighted by atomic mass is 10.2. The van der Waals surface area contributed by atoms with Crippen LogP contribution in [0.15, 0.2) is 82.9 Å². The molecule has 1 aromatic heterocycles. The van der Waals surface area contributed by atoms with Crippen molar-refractivity contribution in [3.8, 4) is 0 Å². The first kappa shape index (κ1) is 23.0. The SMILES string of the molecule is C=CCN(c1ccc(Cl)cc1)S(=O)(=O)c1cccc(C(=O)OCC(=O)Nc2ccon2)c1. The van der Waals surface area contributed by atoms with Gasteiger partial charge in [0.15, 0.2) is 12.4 Å². The minimum atomic E-state index is -4.04. The van der Waals surface area contributed by atoms with Crippen molar-refractivity contribution in [2.45, 2.75) is 4.90 Å². The zero-order valence-electron chi connectivity index (χ0n) is 16.6. The summed E-state index contributed by atoms with van der Waals surface area (Å²) in [7, 11) is -4.04. The van der Waals surface area contributed by atoms with E-state index in [-0.39, 0.29) is 22.8 Å². The Morgan fingerprint density at radius 3 is 2.59 bits per heavy atom. The highest BCUT2D eigenvalue weighted by atomic mass is 35.5. The van der Waals surface area contributed by atoms with Crippen molar-refractivity contribution in [2.24, 2.45) is 0 Å². The highest BCUT2D eigenvalue weighted by molar-refractivity contribution is 7.92. The van der Waals surface area contributed by atoms with Crippen LogP contribution >= 0.6 is 11.6 Å². The maximum atomic E-state index is 13.2. The summed E-state index contributed by atoms with van der Waals surface area (Å²) in [5.74, 6) is -1.32. The minimum Gasteiger partial charge on any atom is -0.452 e. The van der Waals surface area contributed by atoms with E-state index in [9.17, 15) is 18.0 Å². The smallest absolute Gasteiger partial charge is 0.338 e. The van der Waals surface area contributed by atoms with Crippen molar-refractivity contribution in [1.29, 1.82) is 0 Å². The predicted molar refractivity (Wildman–Crippen MR) is 118 cm³/mol. The number of halogens is 1. The zero-order valence-corrected chi connectivity index (χ0v) is 18.2. The topological polar surface area (TPSA) is 119 Å². The van der Waals surface area contributed by atoms with Gasteiger partial charge in [-0.25, -0.2) is 13.2 Å². The van der Waals surface area contributed by atoms with Crippen molar-refractivity contribution < 1.29 is 27.3 Å². The summed E-state index contributed by atoms with van der Waals surface area (Å²) in [5, 5.41) is 6.34. The number of hydrogen-bond acceptors (Lipinski definition) is 7. The van der Waals surface area contributed by atoms with Crippen molar-refractivity contribution >= 4 is 45.0 Å². The third-order valence-electron chi connectivity index (χ3n) is 4.11. The summed E-state index contributed by atoms with van der Waals surface area (Å²) in [5.41, 5.74) is 0.349. The molecule has 32 heavy (non-hydrogen) atoms. The summed E-state index contributed by atoms with van der Waals surface area (Å²) in [6, 6.07) is 13.0. The maximum Gasteiger partial charge on any atom is 0.338 e. The van der Waals surface area contributed by atoms with Gasteiger partial charge in [0.1, 0.15) is 6.26 Å². The van der Waals surface area contributed by atoms with E-state index in [0.29, 0.717) is 10.7 Å². The van der Waals surface area contributed by atoms with E-state index >= 15 is 0 Å². The molecular weight excluding hydrogens is 458 g/mol. The summed E-state index contributed by atoms with van der Waals surface area (Å²) in [6.45, 7) is 3.02. The van der Waals surface area contributed by atoms with Gasteiger partial charge in [-0.1, -0.05) is 28.9 Å². The second-order valence-corrected chi connectivity index (χ2v) is 8.64. The Morgan fingerprint density at radius 2 is 1.94 bits per heavy atom. The molecule has 0 saturated carbocycles. The number of sulfonamides is 1. The van der Waals surface area contributed by atoms with Gasteiger partial charge in [0.2, 0.25) is 0 Å². The molecule has 3 rings (SSSR count). The van der Waals surface area contributed by atoms with Gasteiger partial charge in [-0.3, -0.25) is 9.10 Å². The predicted octanol–water partition coefficient (Wildman–Crippen LogP) is 3.50. The first-order chi connectivity index (χ1) is 15.3. The summed E-state index contributed by atoms with van der Waals surface area (Å²) in [4.78, 5) is 24.1. The Bertz CT molecular complexity index is 1210. The average molecular weight is 476 g/mol. The second kappa shape index (κ2) is 10.1. The number of carbonyl (C=O) groups is 2. The summed E-state index contributed by atoms with van der Waals surface area (Å²) < 4.78 is 37.2. The molecule has 0 spiro atoms. The lowest BCUT2D eigenvalue weighted by Gasteiger charge is -2.23. The number of rotatable bonds is 9. The Morgan fingerprint density at radius 1 is 1.19 bits per heavy atom. The average Bonchev–Trinajstić information content (AvgIpc) is 3.29. The lowest BCUT2D eigenvalue weighted by molar-refractivity contribution is -0.119. The maximum absolute atomic E-state index is 13.2. The standard InChI is InChI=1S/C21H18ClN3O6S/c1-2-11-25(17-8-6-16(22)7-9-17)32(28,29)18-5-3-4-15(13-18)21(27)30-14-20(26)23-19-10-12-31-24-19/h2-10,12-13H,1,11,14H2,(H,23,24,26). The molecule has 11 heteroatoms. The fraction of sp³-hybridized carbons (Fsp3) is 0.0952. The van der Waals surface area contributed by atoms with Crippen LogP contribution in [-0.2, 0) is 19.6 Å². The van der Waals surface area contributed by atoms with Crippen molar-refractivity contribution in [3.63, 3.8) is 0 Å². The third kappa shape index (κ3) is 5.54. The third-order valence-corrected chi connectivity index (χ3v) is 6.15. The van der Waals surface area contributed by atoms with Crippen LogP contribution in [0.25, 0.3) is 0 Å². The van der Waals surface area contributed by atoms with Gasteiger partial charge in [0.25, 0.3) is 15.9 Å². The van der Waals surface area contributed by atoms with Gasteiger partial charge in [0, 0.05) is 11.1 Å². The van der Waals surface area contributed by atoms with Gasteiger partial charge in [-0.05, 0) is 42.5 Å². The van der Waals surface area contributed by atoms with Gasteiger partial charge in [-0.15, -0.1) is 6.58 Å². The van der Waals surface area contributed by atoms with Crippen LogP contribution in [-0.4, -0.2) is 38.6 Å². The normalized spacial score (nSPS) is 10.9. The molecule has 0 aliphatic heterocycles. The Labute approximate surface area is 189 Å².